The number of hydrogen-bond acceptors (Lipinski definition) is 2. The summed E-state index contributed by atoms with van der Waals surface area (Å²) in [7, 11) is 0. The minimum Gasteiger partial charge on any atom is -0.371 e. The maximum absolute atomic E-state index is 6.09. The van der Waals surface area contributed by atoms with Gasteiger partial charge in [0.1, 0.15) is 0 Å². The van der Waals surface area contributed by atoms with Crippen LogP contribution in [0.2, 0.25) is 5.02 Å². The molecule has 2 aliphatic heterocycles. The number of fused-ring (bicyclic) bond motifs is 1. The first-order valence-corrected chi connectivity index (χ1v) is 6.95. The molecule has 1 fully saturated rings. The van der Waals surface area contributed by atoms with Crippen molar-refractivity contribution >= 4 is 29.7 Å². The van der Waals surface area contributed by atoms with Gasteiger partial charge in [-0.3, -0.25) is 0 Å². The van der Waals surface area contributed by atoms with Gasteiger partial charge in [-0.15, -0.1) is 12.4 Å². The number of nitrogens with one attached hydrogen (secondary N) is 1. The predicted octanol–water partition coefficient (Wildman–Crippen LogP) is 3.12. The summed E-state index contributed by atoms with van der Waals surface area (Å²) in [5, 5.41) is 4.29. The average molecular weight is 287 g/mol. The van der Waals surface area contributed by atoms with Gasteiger partial charge in [0.05, 0.1) is 0 Å². The van der Waals surface area contributed by atoms with E-state index in [4.69, 9.17) is 11.6 Å². The summed E-state index contributed by atoms with van der Waals surface area (Å²) in [6.45, 7) is 4.73. The van der Waals surface area contributed by atoms with E-state index in [1.54, 1.807) is 0 Å². The zero-order valence-electron chi connectivity index (χ0n) is 10.5. The quantitative estimate of drug-likeness (QED) is 0.899. The molecule has 0 aliphatic carbocycles. The Hall–Kier alpha value is -0.440. The summed E-state index contributed by atoms with van der Waals surface area (Å²) >= 11 is 6.09. The lowest BCUT2D eigenvalue weighted by Gasteiger charge is -2.29. The molecule has 1 N–H and O–H groups in total. The smallest absolute Gasteiger partial charge is 0.0426 e. The highest BCUT2D eigenvalue weighted by Gasteiger charge is 2.23. The molecule has 0 aromatic heterocycles. The van der Waals surface area contributed by atoms with E-state index in [-0.39, 0.29) is 12.4 Å². The molecule has 0 spiro atoms. The zero-order chi connectivity index (χ0) is 11.7. The molecule has 0 saturated carbocycles. The Morgan fingerprint density at radius 2 is 2.06 bits per heavy atom. The summed E-state index contributed by atoms with van der Waals surface area (Å²) in [5.74, 6) is 0.848. The van der Waals surface area contributed by atoms with Crippen molar-refractivity contribution in [2.45, 2.75) is 19.3 Å². The van der Waals surface area contributed by atoms with Gasteiger partial charge in [0, 0.05) is 23.8 Å². The largest absolute Gasteiger partial charge is 0.371 e. The molecule has 1 aromatic carbocycles. The molecule has 0 atom stereocenters. The van der Waals surface area contributed by atoms with Gasteiger partial charge in [-0.05, 0) is 56.0 Å². The summed E-state index contributed by atoms with van der Waals surface area (Å²) in [6.07, 6.45) is 3.80. The first-order valence-electron chi connectivity index (χ1n) is 6.57. The fourth-order valence-electron chi connectivity index (χ4n) is 2.98. The summed E-state index contributed by atoms with van der Waals surface area (Å²) < 4.78 is 0. The number of anilines is 1. The Morgan fingerprint density at radius 1 is 1.28 bits per heavy atom. The Bertz CT molecular complexity index is 403. The van der Waals surface area contributed by atoms with E-state index in [1.165, 1.54) is 56.7 Å². The van der Waals surface area contributed by atoms with Crippen LogP contribution >= 0.6 is 24.0 Å². The molecule has 4 heteroatoms. The van der Waals surface area contributed by atoms with Gasteiger partial charge in [0.15, 0.2) is 0 Å². The highest BCUT2D eigenvalue weighted by atomic mass is 35.5. The van der Waals surface area contributed by atoms with E-state index in [1.807, 2.05) is 6.07 Å². The summed E-state index contributed by atoms with van der Waals surface area (Å²) in [4.78, 5) is 2.52. The Kier molecular flexibility index (Phi) is 4.77. The number of halogens is 2. The SMILES string of the molecule is Cl.Clc1ccc2c(c1)N(CC1CCNCC1)CC2. The van der Waals surface area contributed by atoms with Crippen LogP contribution in [0.25, 0.3) is 0 Å². The van der Waals surface area contributed by atoms with Gasteiger partial charge in [-0.25, -0.2) is 0 Å². The molecule has 2 nitrogen and oxygen atoms in total. The van der Waals surface area contributed by atoms with Gasteiger partial charge in [-0.1, -0.05) is 17.7 Å². The van der Waals surface area contributed by atoms with Gasteiger partial charge in [-0.2, -0.15) is 0 Å². The second kappa shape index (κ2) is 6.14. The van der Waals surface area contributed by atoms with Crippen LogP contribution in [0.3, 0.4) is 0 Å². The van der Waals surface area contributed by atoms with E-state index >= 15 is 0 Å². The minimum absolute atomic E-state index is 0. The third-order valence-corrected chi connectivity index (χ3v) is 4.21. The third kappa shape index (κ3) is 2.93. The number of nitrogens with zero attached hydrogens (tertiary/aromatic N) is 1. The highest BCUT2D eigenvalue weighted by molar-refractivity contribution is 6.30. The maximum Gasteiger partial charge on any atom is 0.0426 e. The van der Waals surface area contributed by atoms with Crippen LogP contribution < -0.4 is 10.2 Å². The molecule has 0 radical (unpaired) electrons. The van der Waals surface area contributed by atoms with Crippen molar-refractivity contribution in [3.05, 3.63) is 28.8 Å². The van der Waals surface area contributed by atoms with Crippen molar-refractivity contribution in [1.82, 2.24) is 5.32 Å². The van der Waals surface area contributed by atoms with Crippen molar-refractivity contribution in [1.29, 1.82) is 0 Å². The number of benzene rings is 1. The second-order valence-corrected chi connectivity index (χ2v) is 5.60. The Morgan fingerprint density at radius 3 is 2.83 bits per heavy atom. The molecular formula is C14H20Cl2N2. The van der Waals surface area contributed by atoms with E-state index in [0.29, 0.717) is 0 Å². The standard InChI is InChI=1S/C14H19ClN2.ClH/c15-13-2-1-12-5-8-17(14(12)9-13)10-11-3-6-16-7-4-11;/h1-2,9,11,16H,3-8,10H2;1H. The van der Waals surface area contributed by atoms with Crippen LogP contribution in [0.4, 0.5) is 5.69 Å². The Balaban J connectivity index is 0.00000120. The van der Waals surface area contributed by atoms with E-state index in [9.17, 15) is 0 Å². The zero-order valence-corrected chi connectivity index (χ0v) is 12.1. The molecular weight excluding hydrogens is 267 g/mol. The highest BCUT2D eigenvalue weighted by Crippen LogP contribution is 2.32. The minimum atomic E-state index is 0. The lowest BCUT2D eigenvalue weighted by Crippen LogP contribution is -2.35. The van der Waals surface area contributed by atoms with E-state index in [2.05, 4.69) is 22.3 Å². The van der Waals surface area contributed by atoms with Gasteiger partial charge >= 0.3 is 0 Å². The van der Waals surface area contributed by atoms with Crippen LogP contribution in [-0.2, 0) is 6.42 Å². The first-order chi connectivity index (χ1) is 8.33. The molecule has 0 unspecified atom stereocenters. The average Bonchev–Trinajstić information content (AvgIpc) is 2.73. The second-order valence-electron chi connectivity index (χ2n) is 5.16. The van der Waals surface area contributed by atoms with Crippen LogP contribution in [0.15, 0.2) is 18.2 Å². The molecule has 0 bridgehead atoms. The predicted molar refractivity (Wildman–Crippen MR) is 80.2 cm³/mol. The summed E-state index contributed by atoms with van der Waals surface area (Å²) in [6, 6.07) is 6.32. The lowest BCUT2D eigenvalue weighted by atomic mass is 9.97. The van der Waals surface area contributed by atoms with Crippen LogP contribution in [0.5, 0.6) is 0 Å². The molecule has 18 heavy (non-hydrogen) atoms. The fraction of sp³-hybridized carbons (Fsp3) is 0.571. The number of hydrogen-bond donors (Lipinski definition) is 1. The molecule has 1 aromatic rings. The van der Waals surface area contributed by atoms with Gasteiger partial charge in [0.25, 0.3) is 0 Å². The first kappa shape index (κ1) is 14.0. The van der Waals surface area contributed by atoms with Crippen LogP contribution in [-0.4, -0.2) is 26.2 Å². The fourth-order valence-corrected chi connectivity index (χ4v) is 3.15. The molecule has 100 valence electrons. The van der Waals surface area contributed by atoms with Crippen LogP contribution in [0.1, 0.15) is 18.4 Å². The third-order valence-electron chi connectivity index (χ3n) is 3.98. The molecule has 1 saturated heterocycles. The van der Waals surface area contributed by atoms with E-state index < -0.39 is 0 Å². The van der Waals surface area contributed by atoms with Gasteiger partial charge in [0.2, 0.25) is 0 Å². The monoisotopic (exact) mass is 286 g/mol. The number of rotatable bonds is 2. The van der Waals surface area contributed by atoms with Crippen molar-refractivity contribution in [3.8, 4) is 0 Å². The Labute approximate surface area is 120 Å². The van der Waals surface area contributed by atoms with E-state index in [0.717, 1.165) is 10.9 Å². The van der Waals surface area contributed by atoms with Crippen molar-refractivity contribution in [2.75, 3.05) is 31.1 Å². The van der Waals surface area contributed by atoms with Gasteiger partial charge < -0.3 is 10.2 Å². The van der Waals surface area contributed by atoms with Crippen molar-refractivity contribution < 1.29 is 0 Å². The normalized spacial score (nSPS) is 19.5. The van der Waals surface area contributed by atoms with Crippen molar-refractivity contribution in [2.24, 2.45) is 5.92 Å². The molecule has 3 rings (SSSR count). The maximum atomic E-state index is 6.09. The molecule has 2 aliphatic rings. The van der Waals surface area contributed by atoms with Crippen molar-refractivity contribution in [3.63, 3.8) is 0 Å². The molecule has 2 heterocycles. The lowest BCUT2D eigenvalue weighted by molar-refractivity contribution is 0.375. The summed E-state index contributed by atoms with van der Waals surface area (Å²) in [5.41, 5.74) is 2.83. The number of piperidine rings is 1. The van der Waals surface area contributed by atoms with Crippen LogP contribution in [0, 0.1) is 5.92 Å². The topological polar surface area (TPSA) is 15.3 Å². The molecule has 0 amide bonds.